The number of ether oxygens (including phenoxy) is 1. The minimum atomic E-state index is -0.286. The van der Waals surface area contributed by atoms with Crippen molar-refractivity contribution in [2.75, 3.05) is 6.54 Å². The molecule has 0 aromatic heterocycles. The number of hydrogen-bond acceptors (Lipinski definition) is 3. The van der Waals surface area contributed by atoms with Crippen molar-refractivity contribution in [2.24, 2.45) is 0 Å². The maximum Gasteiger partial charge on any atom is 0.251 e. The number of carbonyl (C=O) groups is 2. The van der Waals surface area contributed by atoms with Gasteiger partial charge in [0, 0.05) is 16.6 Å². The Morgan fingerprint density at radius 3 is 2.13 bits per heavy atom. The van der Waals surface area contributed by atoms with Crippen LogP contribution in [0.2, 0.25) is 0 Å². The van der Waals surface area contributed by atoms with Crippen LogP contribution in [0.15, 0.2) is 83.3 Å². The monoisotopic (exact) mass is 466 g/mol. The Kier molecular flexibility index (Phi) is 8.18. The van der Waals surface area contributed by atoms with Crippen LogP contribution in [-0.2, 0) is 29.3 Å². The fourth-order valence-electron chi connectivity index (χ4n) is 2.77. The van der Waals surface area contributed by atoms with Crippen LogP contribution < -0.4 is 10.6 Å². The number of carbonyl (C=O) groups excluding carboxylic acids is 2. The lowest BCUT2D eigenvalue weighted by molar-refractivity contribution is -0.120. The van der Waals surface area contributed by atoms with E-state index in [1.54, 1.807) is 18.2 Å². The van der Waals surface area contributed by atoms with Crippen LogP contribution in [0.5, 0.6) is 0 Å². The van der Waals surface area contributed by atoms with Crippen LogP contribution >= 0.6 is 15.9 Å². The Hall–Kier alpha value is -2.96. The van der Waals surface area contributed by atoms with Crippen molar-refractivity contribution >= 4 is 27.7 Å². The maximum absolute atomic E-state index is 12.1. The number of hydrogen-bond donors (Lipinski definition) is 2. The zero-order chi connectivity index (χ0) is 21.2. The molecular weight excluding hydrogens is 444 g/mol. The molecule has 2 amide bonds. The maximum atomic E-state index is 12.1. The summed E-state index contributed by atoms with van der Waals surface area (Å²) in [5.74, 6) is -0.528. The van der Waals surface area contributed by atoms with Gasteiger partial charge in [-0.15, -0.1) is 0 Å². The van der Waals surface area contributed by atoms with E-state index in [-0.39, 0.29) is 18.4 Å². The second kappa shape index (κ2) is 11.3. The van der Waals surface area contributed by atoms with E-state index in [0.29, 0.717) is 25.3 Å². The Bertz CT molecular complexity index is 975. The second-order valence-electron chi connectivity index (χ2n) is 6.76. The molecule has 0 fully saturated rings. The van der Waals surface area contributed by atoms with E-state index in [4.69, 9.17) is 4.74 Å². The summed E-state index contributed by atoms with van der Waals surface area (Å²) in [6, 6.07) is 25.0. The van der Waals surface area contributed by atoms with Gasteiger partial charge in [0.2, 0.25) is 5.91 Å². The molecule has 0 spiro atoms. The summed E-state index contributed by atoms with van der Waals surface area (Å²) < 4.78 is 6.54. The van der Waals surface area contributed by atoms with Gasteiger partial charge >= 0.3 is 0 Å². The SMILES string of the molecule is O=C(CNC(=O)c1cccc(Br)c1)NCc1ccc(COCc2ccccc2)cc1. The van der Waals surface area contributed by atoms with E-state index < -0.39 is 0 Å². The van der Waals surface area contributed by atoms with Crippen molar-refractivity contribution < 1.29 is 14.3 Å². The molecule has 0 radical (unpaired) electrons. The van der Waals surface area contributed by atoms with Crippen molar-refractivity contribution in [2.45, 2.75) is 19.8 Å². The highest BCUT2D eigenvalue weighted by Crippen LogP contribution is 2.11. The molecule has 0 aliphatic carbocycles. The predicted molar refractivity (Wildman–Crippen MR) is 120 cm³/mol. The van der Waals surface area contributed by atoms with Crippen molar-refractivity contribution in [3.05, 3.63) is 106 Å². The zero-order valence-electron chi connectivity index (χ0n) is 16.4. The van der Waals surface area contributed by atoms with Crippen LogP contribution in [0.3, 0.4) is 0 Å². The summed E-state index contributed by atoms with van der Waals surface area (Å²) >= 11 is 3.32. The molecule has 0 atom stereocenters. The first-order valence-electron chi connectivity index (χ1n) is 9.60. The van der Waals surface area contributed by atoms with Crippen LogP contribution in [0, 0.1) is 0 Å². The Morgan fingerprint density at radius 2 is 1.43 bits per heavy atom. The lowest BCUT2D eigenvalue weighted by atomic mass is 10.1. The minimum Gasteiger partial charge on any atom is -0.372 e. The number of rotatable bonds is 9. The fraction of sp³-hybridized carbons (Fsp3) is 0.167. The number of benzene rings is 3. The number of nitrogens with one attached hydrogen (secondary N) is 2. The molecule has 0 aliphatic heterocycles. The van der Waals surface area contributed by atoms with Gasteiger partial charge in [-0.1, -0.05) is 76.6 Å². The van der Waals surface area contributed by atoms with Gasteiger partial charge in [-0.25, -0.2) is 0 Å². The highest BCUT2D eigenvalue weighted by molar-refractivity contribution is 9.10. The molecule has 0 bridgehead atoms. The first-order valence-corrected chi connectivity index (χ1v) is 10.4. The van der Waals surface area contributed by atoms with Crippen molar-refractivity contribution in [3.63, 3.8) is 0 Å². The number of halogens is 1. The van der Waals surface area contributed by atoms with Crippen LogP contribution in [-0.4, -0.2) is 18.4 Å². The van der Waals surface area contributed by atoms with E-state index in [1.807, 2.05) is 60.7 Å². The Morgan fingerprint density at radius 1 is 0.767 bits per heavy atom. The molecule has 0 unspecified atom stereocenters. The molecule has 0 saturated heterocycles. The summed E-state index contributed by atoms with van der Waals surface area (Å²) in [5, 5.41) is 5.43. The smallest absolute Gasteiger partial charge is 0.251 e. The topological polar surface area (TPSA) is 67.4 Å². The largest absolute Gasteiger partial charge is 0.372 e. The van der Waals surface area contributed by atoms with Gasteiger partial charge in [0.1, 0.15) is 0 Å². The molecule has 5 nitrogen and oxygen atoms in total. The average Bonchev–Trinajstić information content (AvgIpc) is 2.77. The molecule has 2 N–H and O–H groups in total. The lowest BCUT2D eigenvalue weighted by Gasteiger charge is -2.09. The zero-order valence-corrected chi connectivity index (χ0v) is 18.0. The second-order valence-corrected chi connectivity index (χ2v) is 7.68. The first-order chi connectivity index (χ1) is 14.6. The molecule has 0 saturated carbocycles. The quantitative estimate of drug-likeness (QED) is 0.496. The third kappa shape index (κ3) is 7.13. The third-order valence-electron chi connectivity index (χ3n) is 4.39. The minimum absolute atomic E-state index is 0.0727. The van der Waals surface area contributed by atoms with Crippen molar-refractivity contribution in [1.29, 1.82) is 0 Å². The molecule has 3 aromatic carbocycles. The van der Waals surface area contributed by atoms with Crippen LogP contribution in [0.1, 0.15) is 27.0 Å². The van der Waals surface area contributed by atoms with Crippen molar-refractivity contribution in [3.8, 4) is 0 Å². The molecular formula is C24H23BrN2O3. The molecule has 3 rings (SSSR count). The van der Waals surface area contributed by atoms with Gasteiger partial charge in [0.15, 0.2) is 0 Å². The van der Waals surface area contributed by atoms with Crippen molar-refractivity contribution in [1.82, 2.24) is 10.6 Å². The van der Waals surface area contributed by atoms with Crippen LogP contribution in [0.4, 0.5) is 0 Å². The fourth-order valence-corrected chi connectivity index (χ4v) is 3.17. The number of amides is 2. The first kappa shape index (κ1) is 21.7. The lowest BCUT2D eigenvalue weighted by Crippen LogP contribution is -2.36. The molecule has 0 heterocycles. The molecule has 0 aliphatic rings. The van der Waals surface area contributed by atoms with Gasteiger partial charge in [-0.05, 0) is 34.9 Å². The summed E-state index contributed by atoms with van der Waals surface area (Å²) in [4.78, 5) is 24.1. The Balaban J connectivity index is 1.37. The summed E-state index contributed by atoms with van der Waals surface area (Å²) in [5.41, 5.74) is 3.70. The van der Waals surface area contributed by atoms with Gasteiger partial charge in [0.25, 0.3) is 5.91 Å². The van der Waals surface area contributed by atoms with E-state index in [1.165, 1.54) is 0 Å². The van der Waals surface area contributed by atoms with E-state index in [0.717, 1.165) is 21.2 Å². The summed E-state index contributed by atoms with van der Waals surface area (Å²) in [6.07, 6.45) is 0. The summed E-state index contributed by atoms with van der Waals surface area (Å²) in [6.45, 7) is 1.43. The predicted octanol–water partition coefficient (Wildman–Crippen LogP) is 4.21. The average molecular weight is 467 g/mol. The normalized spacial score (nSPS) is 10.4. The van der Waals surface area contributed by atoms with Gasteiger partial charge < -0.3 is 15.4 Å². The highest BCUT2D eigenvalue weighted by Gasteiger charge is 2.08. The van der Waals surface area contributed by atoms with E-state index >= 15 is 0 Å². The third-order valence-corrected chi connectivity index (χ3v) is 4.88. The van der Waals surface area contributed by atoms with Gasteiger partial charge in [0.05, 0.1) is 19.8 Å². The molecule has 3 aromatic rings. The standard InChI is InChI=1S/C24H23BrN2O3/c25-22-8-4-7-21(13-22)24(29)27-15-23(28)26-14-18-9-11-20(12-10-18)17-30-16-19-5-2-1-3-6-19/h1-13H,14-17H2,(H,26,28)(H,27,29). The summed E-state index contributed by atoms with van der Waals surface area (Å²) in [7, 11) is 0. The van der Waals surface area contributed by atoms with Crippen LogP contribution in [0.25, 0.3) is 0 Å². The molecule has 6 heteroatoms. The van der Waals surface area contributed by atoms with E-state index in [2.05, 4.69) is 26.6 Å². The molecule has 30 heavy (non-hydrogen) atoms. The molecule has 154 valence electrons. The van der Waals surface area contributed by atoms with Gasteiger partial charge in [-0.2, -0.15) is 0 Å². The van der Waals surface area contributed by atoms with E-state index in [9.17, 15) is 9.59 Å². The highest BCUT2D eigenvalue weighted by atomic mass is 79.9. The van der Waals surface area contributed by atoms with Gasteiger partial charge in [-0.3, -0.25) is 9.59 Å². The Labute approximate surface area is 184 Å².